The molecule has 0 bridgehead atoms. The average Bonchev–Trinajstić information content (AvgIpc) is 3.23. The van der Waals surface area contributed by atoms with Gasteiger partial charge in [0.15, 0.2) is 0 Å². The molecule has 2 amide bonds. The summed E-state index contributed by atoms with van der Waals surface area (Å²) in [7, 11) is 0. The van der Waals surface area contributed by atoms with Crippen molar-refractivity contribution < 1.29 is 18.4 Å². The number of likely N-dealkylation sites (tertiary alicyclic amines) is 1. The van der Waals surface area contributed by atoms with E-state index in [0.717, 1.165) is 6.42 Å². The van der Waals surface area contributed by atoms with Gasteiger partial charge in [-0.1, -0.05) is 6.07 Å². The molecule has 138 valence electrons. The van der Waals surface area contributed by atoms with Gasteiger partial charge in [-0.25, -0.2) is 8.78 Å². The standard InChI is InChI=1S/C17H23F2N3O2S/c18-17(19)10-14(21-11-17)16(24)22-7-4-12(5-8-22)15(23)20-6-3-13-2-1-9-25-13/h1-2,9,12,14,21H,3-8,10-11H2,(H,20,23). The van der Waals surface area contributed by atoms with Crippen LogP contribution in [0, 0.1) is 5.92 Å². The van der Waals surface area contributed by atoms with Crippen LogP contribution in [0.5, 0.6) is 0 Å². The molecule has 2 fully saturated rings. The van der Waals surface area contributed by atoms with Gasteiger partial charge in [0.1, 0.15) is 0 Å². The Labute approximate surface area is 149 Å². The van der Waals surface area contributed by atoms with Crippen LogP contribution in [0.25, 0.3) is 0 Å². The van der Waals surface area contributed by atoms with Gasteiger partial charge >= 0.3 is 0 Å². The summed E-state index contributed by atoms with van der Waals surface area (Å²) < 4.78 is 26.4. The van der Waals surface area contributed by atoms with Gasteiger partial charge in [-0.2, -0.15) is 0 Å². The van der Waals surface area contributed by atoms with Crippen LogP contribution in [-0.4, -0.2) is 54.9 Å². The second-order valence-electron chi connectivity index (χ2n) is 6.71. The number of halogens is 2. The number of piperidine rings is 1. The first-order chi connectivity index (χ1) is 11.9. The maximum absolute atomic E-state index is 13.2. The Hall–Kier alpha value is -1.54. The molecule has 0 saturated carbocycles. The monoisotopic (exact) mass is 371 g/mol. The van der Waals surface area contributed by atoms with E-state index < -0.39 is 24.9 Å². The van der Waals surface area contributed by atoms with Crippen LogP contribution in [0.4, 0.5) is 8.78 Å². The van der Waals surface area contributed by atoms with Gasteiger partial charge in [0.05, 0.1) is 12.6 Å². The third-order valence-corrected chi connectivity index (χ3v) is 5.77. The number of carbonyl (C=O) groups is 2. The van der Waals surface area contributed by atoms with Crippen LogP contribution in [0.2, 0.25) is 0 Å². The van der Waals surface area contributed by atoms with Crippen LogP contribution < -0.4 is 10.6 Å². The van der Waals surface area contributed by atoms with Gasteiger partial charge in [-0.15, -0.1) is 11.3 Å². The summed E-state index contributed by atoms with van der Waals surface area (Å²) in [6.07, 6.45) is 1.55. The topological polar surface area (TPSA) is 61.4 Å². The molecule has 0 spiro atoms. The number of alkyl halides is 2. The molecule has 2 N–H and O–H groups in total. The Morgan fingerprint density at radius 3 is 2.72 bits per heavy atom. The van der Waals surface area contributed by atoms with Gasteiger partial charge in [0.2, 0.25) is 11.8 Å². The average molecular weight is 371 g/mol. The molecule has 0 radical (unpaired) electrons. The molecular weight excluding hydrogens is 348 g/mol. The first kappa shape index (κ1) is 18.3. The number of hydrogen-bond donors (Lipinski definition) is 2. The highest BCUT2D eigenvalue weighted by atomic mass is 32.1. The molecule has 2 saturated heterocycles. The molecule has 2 aliphatic rings. The fourth-order valence-electron chi connectivity index (χ4n) is 3.38. The van der Waals surface area contributed by atoms with Crippen molar-refractivity contribution in [3.8, 4) is 0 Å². The molecule has 1 unspecified atom stereocenters. The molecule has 1 aromatic rings. The predicted molar refractivity (Wildman–Crippen MR) is 91.7 cm³/mol. The Kier molecular flexibility index (Phi) is 5.68. The van der Waals surface area contributed by atoms with Crippen molar-refractivity contribution >= 4 is 23.2 Å². The Bertz CT molecular complexity index is 601. The summed E-state index contributed by atoms with van der Waals surface area (Å²) in [5.41, 5.74) is 0. The molecule has 0 aliphatic carbocycles. The number of rotatable bonds is 5. The van der Waals surface area contributed by atoms with Crippen LogP contribution in [0.1, 0.15) is 24.1 Å². The first-order valence-electron chi connectivity index (χ1n) is 8.65. The van der Waals surface area contributed by atoms with Crippen molar-refractivity contribution in [2.45, 2.75) is 37.6 Å². The smallest absolute Gasteiger partial charge is 0.262 e. The summed E-state index contributed by atoms with van der Waals surface area (Å²) in [6.45, 7) is 1.07. The van der Waals surface area contributed by atoms with Crippen molar-refractivity contribution in [1.29, 1.82) is 0 Å². The minimum absolute atomic E-state index is 0.0224. The predicted octanol–water partition coefficient (Wildman–Crippen LogP) is 1.64. The maximum atomic E-state index is 13.2. The fourth-order valence-corrected chi connectivity index (χ4v) is 4.09. The van der Waals surface area contributed by atoms with Crippen LogP contribution in [0.3, 0.4) is 0 Å². The van der Waals surface area contributed by atoms with Crippen molar-refractivity contribution in [3.63, 3.8) is 0 Å². The Balaban J connectivity index is 1.39. The highest BCUT2D eigenvalue weighted by Crippen LogP contribution is 2.27. The molecule has 25 heavy (non-hydrogen) atoms. The molecule has 3 rings (SSSR count). The van der Waals surface area contributed by atoms with Crippen LogP contribution in [0.15, 0.2) is 17.5 Å². The molecule has 1 atom stereocenters. The minimum Gasteiger partial charge on any atom is -0.355 e. The van der Waals surface area contributed by atoms with E-state index in [9.17, 15) is 18.4 Å². The van der Waals surface area contributed by atoms with E-state index >= 15 is 0 Å². The third-order valence-electron chi connectivity index (χ3n) is 4.84. The van der Waals surface area contributed by atoms with Crippen molar-refractivity contribution in [1.82, 2.24) is 15.5 Å². The van der Waals surface area contributed by atoms with Crippen LogP contribution >= 0.6 is 11.3 Å². The van der Waals surface area contributed by atoms with Crippen molar-refractivity contribution in [2.75, 3.05) is 26.2 Å². The van der Waals surface area contributed by atoms with E-state index in [1.54, 1.807) is 16.2 Å². The van der Waals surface area contributed by atoms with Gasteiger partial charge < -0.3 is 10.2 Å². The van der Waals surface area contributed by atoms with Gasteiger partial charge in [-0.3, -0.25) is 14.9 Å². The normalized spacial score (nSPS) is 23.6. The van der Waals surface area contributed by atoms with Crippen molar-refractivity contribution in [3.05, 3.63) is 22.4 Å². The summed E-state index contributed by atoms with van der Waals surface area (Å²) >= 11 is 1.67. The first-order valence-corrected chi connectivity index (χ1v) is 9.53. The van der Waals surface area contributed by atoms with E-state index in [1.807, 2.05) is 17.5 Å². The molecule has 2 aliphatic heterocycles. The zero-order valence-electron chi connectivity index (χ0n) is 14.0. The fraction of sp³-hybridized carbons (Fsp3) is 0.647. The number of thiophene rings is 1. The lowest BCUT2D eigenvalue weighted by Gasteiger charge is -2.33. The number of nitrogens with zero attached hydrogens (tertiary/aromatic N) is 1. The lowest BCUT2D eigenvalue weighted by molar-refractivity contribution is -0.137. The number of hydrogen-bond acceptors (Lipinski definition) is 4. The number of carbonyl (C=O) groups excluding carboxylic acids is 2. The van der Waals surface area contributed by atoms with Gasteiger partial charge in [0.25, 0.3) is 5.92 Å². The maximum Gasteiger partial charge on any atom is 0.262 e. The third kappa shape index (κ3) is 4.76. The van der Waals surface area contributed by atoms with E-state index in [4.69, 9.17) is 0 Å². The molecule has 5 nitrogen and oxygen atoms in total. The number of amides is 2. The van der Waals surface area contributed by atoms with E-state index in [1.165, 1.54) is 4.88 Å². The largest absolute Gasteiger partial charge is 0.355 e. The zero-order chi connectivity index (χ0) is 17.9. The van der Waals surface area contributed by atoms with Crippen LogP contribution in [-0.2, 0) is 16.0 Å². The second kappa shape index (κ2) is 7.78. The lowest BCUT2D eigenvalue weighted by Crippen LogP contribution is -2.48. The summed E-state index contributed by atoms with van der Waals surface area (Å²) in [5, 5.41) is 7.57. The molecular formula is C17H23F2N3O2S. The summed E-state index contributed by atoms with van der Waals surface area (Å²) in [5.74, 6) is -3.16. The SMILES string of the molecule is O=C(NCCc1cccs1)C1CCN(C(=O)C2CC(F)(F)CN2)CC1. The highest BCUT2D eigenvalue weighted by molar-refractivity contribution is 7.09. The zero-order valence-corrected chi connectivity index (χ0v) is 14.8. The number of nitrogens with one attached hydrogen (secondary N) is 2. The summed E-state index contributed by atoms with van der Waals surface area (Å²) in [6, 6.07) is 3.23. The summed E-state index contributed by atoms with van der Waals surface area (Å²) in [4.78, 5) is 27.4. The Morgan fingerprint density at radius 2 is 2.12 bits per heavy atom. The quantitative estimate of drug-likeness (QED) is 0.827. The second-order valence-corrected chi connectivity index (χ2v) is 7.75. The lowest BCUT2D eigenvalue weighted by atomic mass is 9.95. The molecule has 1 aromatic heterocycles. The highest BCUT2D eigenvalue weighted by Gasteiger charge is 2.44. The molecule has 3 heterocycles. The van der Waals surface area contributed by atoms with Gasteiger partial charge in [0, 0.05) is 36.9 Å². The molecule has 8 heteroatoms. The Morgan fingerprint density at radius 1 is 1.36 bits per heavy atom. The van der Waals surface area contributed by atoms with E-state index in [0.29, 0.717) is 32.5 Å². The van der Waals surface area contributed by atoms with Gasteiger partial charge in [-0.05, 0) is 30.7 Å². The van der Waals surface area contributed by atoms with E-state index in [-0.39, 0.29) is 17.7 Å². The van der Waals surface area contributed by atoms with E-state index in [2.05, 4.69) is 10.6 Å². The molecule has 0 aromatic carbocycles. The minimum atomic E-state index is -2.80. The van der Waals surface area contributed by atoms with Crippen molar-refractivity contribution in [2.24, 2.45) is 5.92 Å².